The number of halogens is 1. The second-order valence-electron chi connectivity index (χ2n) is 3.84. The Hall–Kier alpha value is -1.06. The van der Waals surface area contributed by atoms with E-state index in [9.17, 15) is 0 Å². The van der Waals surface area contributed by atoms with Crippen LogP contribution < -0.4 is 5.48 Å². The second kappa shape index (κ2) is 4.21. The van der Waals surface area contributed by atoms with Gasteiger partial charge in [-0.15, -0.1) is 0 Å². The van der Waals surface area contributed by atoms with E-state index >= 15 is 0 Å². The molecular formula is C11H13ClN2O. The lowest BCUT2D eigenvalue weighted by molar-refractivity contribution is 0.0107. The van der Waals surface area contributed by atoms with Gasteiger partial charge in [0.25, 0.3) is 0 Å². The molecule has 0 spiro atoms. The highest BCUT2D eigenvalue weighted by Crippen LogP contribution is 2.16. The van der Waals surface area contributed by atoms with Crippen LogP contribution in [0, 0.1) is 5.92 Å². The van der Waals surface area contributed by atoms with Gasteiger partial charge in [-0.3, -0.25) is 0 Å². The maximum Gasteiger partial charge on any atom is 0.179 e. The molecule has 4 heteroatoms. The highest BCUT2D eigenvalue weighted by Gasteiger charge is 2.21. The summed E-state index contributed by atoms with van der Waals surface area (Å²) in [5.74, 6) is 1.13. The fourth-order valence-corrected chi connectivity index (χ4v) is 1.45. The van der Waals surface area contributed by atoms with Gasteiger partial charge in [-0.05, 0) is 24.3 Å². The average Bonchev–Trinajstić information content (AvgIpc) is 2.68. The van der Waals surface area contributed by atoms with E-state index in [0.717, 1.165) is 16.4 Å². The number of benzene rings is 1. The molecule has 0 aliphatic carbocycles. The molecule has 15 heavy (non-hydrogen) atoms. The van der Waals surface area contributed by atoms with Gasteiger partial charge in [0.05, 0.1) is 0 Å². The van der Waals surface area contributed by atoms with E-state index in [1.54, 1.807) is 0 Å². The van der Waals surface area contributed by atoms with Gasteiger partial charge >= 0.3 is 0 Å². The van der Waals surface area contributed by atoms with Crippen LogP contribution in [-0.4, -0.2) is 12.1 Å². The molecule has 0 aromatic heterocycles. The predicted molar refractivity (Wildman–Crippen MR) is 60.8 cm³/mol. The number of hydrogen-bond acceptors (Lipinski definition) is 3. The quantitative estimate of drug-likeness (QED) is 0.838. The number of aliphatic imine (C=N–C) groups is 1. The van der Waals surface area contributed by atoms with Crippen LogP contribution in [0.4, 0.5) is 0 Å². The van der Waals surface area contributed by atoms with Crippen LogP contribution in [0.2, 0.25) is 5.02 Å². The molecule has 2 rings (SSSR count). The minimum atomic E-state index is -0.101. The molecule has 1 unspecified atom stereocenters. The number of nitrogens with zero attached hydrogens (tertiary/aromatic N) is 1. The van der Waals surface area contributed by atoms with E-state index in [1.807, 2.05) is 24.3 Å². The molecule has 0 saturated heterocycles. The van der Waals surface area contributed by atoms with Crippen molar-refractivity contribution < 1.29 is 4.84 Å². The third-order valence-corrected chi connectivity index (χ3v) is 2.47. The van der Waals surface area contributed by atoms with Crippen molar-refractivity contribution in [3.8, 4) is 0 Å². The minimum absolute atomic E-state index is 0.101. The van der Waals surface area contributed by atoms with Crippen LogP contribution in [-0.2, 0) is 4.84 Å². The van der Waals surface area contributed by atoms with Gasteiger partial charge < -0.3 is 0 Å². The van der Waals surface area contributed by atoms with Gasteiger partial charge in [0, 0.05) is 16.5 Å². The van der Waals surface area contributed by atoms with E-state index in [-0.39, 0.29) is 6.23 Å². The van der Waals surface area contributed by atoms with Crippen molar-refractivity contribution in [2.45, 2.75) is 20.1 Å². The summed E-state index contributed by atoms with van der Waals surface area (Å²) >= 11 is 5.81. The second-order valence-corrected chi connectivity index (χ2v) is 4.28. The minimum Gasteiger partial charge on any atom is -0.248 e. The predicted octanol–water partition coefficient (Wildman–Crippen LogP) is 2.60. The maximum atomic E-state index is 5.81. The highest BCUT2D eigenvalue weighted by molar-refractivity contribution is 6.30. The van der Waals surface area contributed by atoms with Crippen molar-refractivity contribution in [2.24, 2.45) is 10.9 Å². The monoisotopic (exact) mass is 224 g/mol. The summed E-state index contributed by atoms with van der Waals surface area (Å²) < 4.78 is 0. The molecular weight excluding hydrogens is 212 g/mol. The molecule has 0 amide bonds. The van der Waals surface area contributed by atoms with Crippen molar-refractivity contribution in [2.75, 3.05) is 0 Å². The van der Waals surface area contributed by atoms with E-state index in [2.05, 4.69) is 24.3 Å². The fourth-order valence-electron chi connectivity index (χ4n) is 1.32. The molecule has 0 radical (unpaired) electrons. The molecule has 1 aromatic rings. The van der Waals surface area contributed by atoms with Crippen molar-refractivity contribution >= 4 is 17.4 Å². The van der Waals surface area contributed by atoms with Gasteiger partial charge in [-0.2, -0.15) is 0 Å². The zero-order valence-corrected chi connectivity index (χ0v) is 9.45. The smallest absolute Gasteiger partial charge is 0.179 e. The molecule has 0 saturated carbocycles. The average molecular weight is 225 g/mol. The Labute approximate surface area is 94.1 Å². The van der Waals surface area contributed by atoms with E-state index in [1.165, 1.54) is 0 Å². The van der Waals surface area contributed by atoms with Crippen LogP contribution in [0.25, 0.3) is 0 Å². The number of hydrogen-bond donors (Lipinski definition) is 1. The summed E-state index contributed by atoms with van der Waals surface area (Å²) in [6, 6.07) is 7.51. The topological polar surface area (TPSA) is 33.6 Å². The molecule has 0 bridgehead atoms. The normalized spacial score (nSPS) is 20.3. The third-order valence-electron chi connectivity index (χ3n) is 2.22. The van der Waals surface area contributed by atoms with E-state index in [0.29, 0.717) is 5.92 Å². The summed E-state index contributed by atoms with van der Waals surface area (Å²) in [7, 11) is 0. The molecule has 1 aliphatic rings. The third kappa shape index (κ3) is 2.30. The Morgan fingerprint density at radius 2 is 2.00 bits per heavy atom. The number of amidine groups is 1. The van der Waals surface area contributed by atoms with Crippen LogP contribution in [0.1, 0.15) is 19.4 Å². The molecule has 3 nitrogen and oxygen atoms in total. The number of hydroxylamine groups is 1. The van der Waals surface area contributed by atoms with E-state index in [4.69, 9.17) is 16.4 Å². The summed E-state index contributed by atoms with van der Waals surface area (Å²) in [6.45, 7) is 4.14. The zero-order chi connectivity index (χ0) is 10.8. The van der Waals surface area contributed by atoms with Gasteiger partial charge in [0.2, 0.25) is 0 Å². The molecule has 80 valence electrons. The Balaban J connectivity index is 2.19. The van der Waals surface area contributed by atoms with E-state index < -0.39 is 0 Å². The fraction of sp³-hybridized carbons (Fsp3) is 0.364. The molecule has 1 aliphatic heterocycles. The Morgan fingerprint density at radius 1 is 1.33 bits per heavy atom. The van der Waals surface area contributed by atoms with Crippen LogP contribution in [0.3, 0.4) is 0 Å². The first kappa shape index (κ1) is 10.5. The molecule has 0 fully saturated rings. The number of nitrogens with one attached hydrogen (secondary N) is 1. The molecule has 1 N–H and O–H groups in total. The van der Waals surface area contributed by atoms with Crippen LogP contribution in [0.15, 0.2) is 29.3 Å². The Kier molecular flexibility index (Phi) is 2.93. The van der Waals surface area contributed by atoms with Gasteiger partial charge in [-0.1, -0.05) is 25.4 Å². The lowest BCUT2D eigenvalue weighted by atomic mass is 10.2. The van der Waals surface area contributed by atoms with Crippen molar-refractivity contribution in [3.05, 3.63) is 34.9 Å². The highest BCUT2D eigenvalue weighted by atomic mass is 35.5. The molecule has 1 atom stereocenters. The molecule has 1 heterocycles. The Bertz CT molecular complexity index is 373. The van der Waals surface area contributed by atoms with Gasteiger partial charge in [0.15, 0.2) is 12.1 Å². The maximum absolute atomic E-state index is 5.81. The van der Waals surface area contributed by atoms with Crippen LogP contribution in [0.5, 0.6) is 0 Å². The summed E-state index contributed by atoms with van der Waals surface area (Å²) in [5, 5.41) is 0.721. The molecule has 1 aromatic carbocycles. The summed E-state index contributed by atoms with van der Waals surface area (Å²) in [5.41, 5.74) is 3.82. The van der Waals surface area contributed by atoms with Crippen molar-refractivity contribution in [3.63, 3.8) is 0 Å². The SMILES string of the molecule is CC(C)C1N=C(c2ccc(Cl)cc2)NO1. The summed E-state index contributed by atoms with van der Waals surface area (Å²) in [6.07, 6.45) is -0.101. The largest absolute Gasteiger partial charge is 0.248 e. The lowest BCUT2D eigenvalue weighted by Gasteiger charge is -2.07. The Morgan fingerprint density at radius 3 is 2.53 bits per heavy atom. The first-order valence-electron chi connectivity index (χ1n) is 4.92. The van der Waals surface area contributed by atoms with Crippen LogP contribution >= 0.6 is 11.6 Å². The first-order chi connectivity index (χ1) is 7.16. The standard InChI is InChI=1S/C11H13ClN2O/c1-7(2)11-13-10(14-15-11)8-3-5-9(12)6-4-8/h3-7,11H,1-2H3,(H,13,14). The first-order valence-corrected chi connectivity index (χ1v) is 5.30. The summed E-state index contributed by atoms with van der Waals surface area (Å²) in [4.78, 5) is 9.75. The van der Waals surface area contributed by atoms with Crippen molar-refractivity contribution in [1.82, 2.24) is 5.48 Å². The number of rotatable bonds is 2. The van der Waals surface area contributed by atoms with Crippen molar-refractivity contribution in [1.29, 1.82) is 0 Å². The van der Waals surface area contributed by atoms with Gasteiger partial charge in [-0.25, -0.2) is 15.3 Å². The van der Waals surface area contributed by atoms with Gasteiger partial charge in [0.1, 0.15) is 0 Å². The zero-order valence-electron chi connectivity index (χ0n) is 8.70. The lowest BCUT2D eigenvalue weighted by Crippen LogP contribution is -2.21.